The van der Waals surface area contributed by atoms with E-state index in [2.05, 4.69) is 50.3 Å². The molecule has 0 bridgehead atoms. The Morgan fingerprint density at radius 1 is 0.532 bits per heavy atom. The Kier molecular flexibility index (Phi) is 33.1. The number of esters is 1. The summed E-state index contributed by atoms with van der Waals surface area (Å²) < 4.78 is 34.2. The van der Waals surface area contributed by atoms with Gasteiger partial charge in [-0.1, -0.05) is 127 Å². The van der Waals surface area contributed by atoms with Gasteiger partial charge in [0, 0.05) is 13.0 Å². The van der Waals surface area contributed by atoms with E-state index in [1.165, 1.54) is 51.4 Å². The van der Waals surface area contributed by atoms with Crippen LogP contribution in [0.15, 0.2) is 36.5 Å². The summed E-state index contributed by atoms with van der Waals surface area (Å²) in [6, 6.07) is 0. The number of rotatable bonds is 37. The Bertz CT molecular complexity index is 1170. The number of carbonyl (C=O) groups excluding carboxylic acids is 1. The van der Waals surface area contributed by atoms with Crippen LogP contribution < -0.4 is 0 Å². The monoisotopic (exact) mass is 887 g/mol. The maximum absolute atomic E-state index is 13.0. The summed E-state index contributed by atoms with van der Waals surface area (Å²) in [5, 5.41) is 72.0. The van der Waals surface area contributed by atoms with Crippen LogP contribution in [-0.2, 0) is 33.2 Å². The van der Waals surface area contributed by atoms with Gasteiger partial charge >= 0.3 is 5.97 Å². The molecule has 2 rings (SSSR count). The summed E-state index contributed by atoms with van der Waals surface area (Å²) in [7, 11) is 0. The van der Waals surface area contributed by atoms with Crippen LogP contribution in [0, 0.1) is 0 Å². The first-order valence-corrected chi connectivity index (χ1v) is 24.1. The zero-order chi connectivity index (χ0) is 45.2. The number of aliphatic hydroxyl groups excluding tert-OH is 7. The van der Waals surface area contributed by atoms with Crippen molar-refractivity contribution >= 4 is 5.97 Å². The Morgan fingerprint density at radius 3 is 1.63 bits per heavy atom. The van der Waals surface area contributed by atoms with E-state index in [1.807, 2.05) is 0 Å². The highest BCUT2D eigenvalue weighted by molar-refractivity contribution is 5.69. The molecule has 0 saturated carbocycles. The molecule has 362 valence electrons. The van der Waals surface area contributed by atoms with Gasteiger partial charge in [0.25, 0.3) is 0 Å². The molecular weight excluding hydrogens is 801 g/mol. The van der Waals surface area contributed by atoms with Gasteiger partial charge in [-0.3, -0.25) is 4.79 Å². The Morgan fingerprint density at radius 2 is 1.03 bits per heavy atom. The Hall–Kier alpha value is -1.79. The lowest BCUT2D eigenvalue weighted by atomic mass is 9.98. The average molecular weight is 887 g/mol. The average Bonchev–Trinajstić information content (AvgIpc) is 3.27. The molecule has 14 nitrogen and oxygen atoms in total. The molecule has 0 aromatic rings. The van der Waals surface area contributed by atoms with Gasteiger partial charge in [0.2, 0.25) is 0 Å². The van der Waals surface area contributed by atoms with Gasteiger partial charge in [-0.05, 0) is 64.2 Å². The second-order valence-electron chi connectivity index (χ2n) is 16.9. The quantitative estimate of drug-likeness (QED) is 0.0209. The van der Waals surface area contributed by atoms with Crippen LogP contribution >= 0.6 is 0 Å². The lowest BCUT2D eigenvalue weighted by Gasteiger charge is -2.42. The first-order valence-electron chi connectivity index (χ1n) is 24.1. The van der Waals surface area contributed by atoms with Crippen LogP contribution in [0.2, 0.25) is 0 Å². The van der Waals surface area contributed by atoms with E-state index in [9.17, 15) is 40.5 Å². The zero-order valence-electron chi connectivity index (χ0n) is 38.1. The minimum Gasteiger partial charge on any atom is -0.457 e. The highest BCUT2D eigenvalue weighted by Gasteiger charge is 2.47. The molecule has 0 amide bonds. The Balaban J connectivity index is 1.81. The van der Waals surface area contributed by atoms with Crippen molar-refractivity contribution in [3.8, 4) is 0 Å². The van der Waals surface area contributed by atoms with Crippen LogP contribution in [0.3, 0.4) is 0 Å². The molecule has 62 heavy (non-hydrogen) atoms. The number of allylic oxidation sites excluding steroid dienone is 6. The fourth-order valence-electron chi connectivity index (χ4n) is 7.37. The van der Waals surface area contributed by atoms with Crippen molar-refractivity contribution in [3.05, 3.63) is 36.5 Å². The van der Waals surface area contributed by atoms with Crippen LogP contribution in [0.4, 0.5) is 0 Å². The maximum atomic E-state index is 13.0. The molecule has 2 fully saturated rings. The molecule has 2 heterocycles. The normalized spacial score (nSPS) is 27.5. The zero-order valence-corrected chi connectivity index (χ0v) is 38.1. The van der Waals surface area contributed by atoms with Crippen molar-refractivity contribution in [2.24, 2.45) is 0 Å². The molecule has 14 heteroatoms. The third-order valence-electron chi connectivity index (χ3n) is 11.4. The van der Waals surface area contributed by atoms with Gasteiger partial charge in [-0.15, -0.1) is 0 Å². The number of unbranched alkanes of at least 4 members (excludes halogenated alkanes) is 17. The predicted molar refractivity (Wildman–Crippen MR) is 238 cm³/mol. The van der Waals surface area contributed by atoms with E-state index in [-0.39, 0.29) is 19.6 Å². The van der Waals surface area contributed by atoms with Gasteiger partial charge in [-0.2, -0.15) is 0 Å². The summed E-state index contributed by atoms with van der Waals surface area (Å²) in [4.78, 5) is 13.0. The minimum absolute atomic E-state index is 0.0512. The van der Waals surface area contributed by atoms with Crippen molar-refractivity contribution in [1.82, 2.24) is 0 Å². The lowest BCUT2D eigenvalue weighted by molar-refractivity contribution is -0.332. The van der Waals surface area contributed by atoms with Crippen molar-refractivity contribution in [2.75, 3.05) is 33.0 Å². The molecule has 2 aliphatic rings. The fraction of sp³-hybridized carbons (Fsp3) is 0.854. The molecule has 11 atom stereocenters. The first-order chi connectivity index (χ1) is 30.1. The minimum atomic E-state index is -1.71. The summed E-state index contributed by atoms with van der Waals surface area (Å²) in [5.74, 6) is -0.391. The highest BCUT2D eigenvalue weighted by atomic mass is 16.7. The molecule has 2 aliphatic heterocycles. The number of aliphatic hydroxyl groups is 7. The standard InChI is InChI=1S/C48H86O14/c1-3-5-7-9-11-13-15-17-19-21-23-25-27-29-31-40(50)60-37(34-57-32-30-28-26-24-22-20-18-16-14-12-10-8-6-4-2)35-58-47-46(56)44(54)42(52)39(62-47)36-59-48-45(55)43(53)41(51)38(33-49)61-48/h8,10,14-17,37-39,41-49,51-56H,3-7,9,11-13,18-36H2,1-2H3/b10-8-,16-14-,17-15-. The molecule has 0 aromatic heterocycles. The number of hydrogen-bond acceptors (Lipinski definition) is 14. The lowest BCUT2D eigenvalue weighted by Crippen LogP contribution is -2.61. The van der Waals surface area contributed by atoms with E-state index in [0.717, 1.165) is 83.5 Å². The first kappa shape index (κ1) is 56.3. The molecule has 0 aliphatic carbocycles. The second kappa shape index (κ2) is 36.4. The van der Waals surface area contributed by atoms with E-state index in [0.29, 0.717) is 13.0 Å². The van der Waals surface area contributed by atoms with Crippen LogP contribution in [0.5, 0.6) is 0 Å². The van der Waals surface area contributed by atoms with Crippen molar-refractivity contribution in [1.29, 1.82) is 0 Å². The van der Waals surface area contributed by atoms with E-state index < -0.39 is 86.7 Å². The summed E-state index contributed by atoms with van der Waals surface area (Å²) in [5.41, 5.74) is 0. The van der Waals surface area contributed by atoms with Crippen LogP contribution in [0.1, 0.15) is 162 Å². The molecule has 7 N–H and O–H groups in total. The SMILES string of the molecule is CCC/C=C\C/C=C\CCCCCCCCOCC(COC1OC(COC2OC(CO)C(O)C(O)C2O)C(O)C(O)C1O)OC(=O)CCCCCCC/C=C\CCCCCCC. The van der Waals surface area contributed by atoms with Gasteiger partial charge in [0.05, 0.1) is 26.4 Å². The highest BCUT2D eigenvalue weighted by Crippen LogP contribution is 2.26. The smallest absolute Gasteiger partial charge is 0.306 e. The van der Waals surface area contributed by atoms with E-state index in [1.54, 1.807) is 0 Å². The molecule has 0 aromatic carbocycles. The second-order valence-corrected chi connectivity index (χ2v) is 16.9. The van der Waals surface area contributed by atoms with E-state index in [4.69, 9.17) is 28.4 Å². The molecule has 11 unspecified atom stereocenters. The fourth-order valence-corrected chi connectivity index (χ4v) is 7.37. The number of hydrogen-bond donors (Lipinski definition) is 7. The topological polar surface area (TPSA) is 214 Å². The predicted octanol–water partition coefficient (Wildman–Crippen LogP) is 6.24. The maximum Gasteiger partial charge on any atom is 0.306 e. The van der Waals surface area contributed by atoms with Crippen LogP contribution in [0.25, 0.3) is 0 Å². The van der Waals surface area contributed by atoms with Crippen molar-refractivity contribution in [3.63, 3.8) is 0 Å². The number of carbonyl (C=O) groups is 1. The molecular formula is C48H86O14. The third kappa shape index (κ3) is 24.5. The van der Waals surface area contributed by atoms with Crippen molar-refractivity contribution in [2.45, 2.75) is 229 Å². The van der Waals surface area contributed by atoms with E-state index >= 15 is 0 Å². The molecule has 0 radical (unpaired) electrons. The summed E-state index contributed by atoms with van der Waals surface area (Å²) in [6.45, 7) is 3.57. The molecule has 2 saturated heterocycles. The van der Waals surface area contributed by atoms with Gasteiger partial charge < -0.3 is 64.2 Å². The third-order valence-corrected chi connectivity index (χ3v) is 11.4. The summed E-state index contributed by atoms with van der Waals surface area (Å²) >= 11 is 0. The number of ether oxygens (including phenoxy) is 6. The summed E-state index contributed by atoms with van der Waals surface area (Å²) in [6.07, 6.45) is 22.1. The van der Waals surface area contributed by atoms with Gasteiger partial charge in [0.1, 0.15) is 54.9 Å². The van der Waals surface area contributed by atoms with Crippen LogP contribution in [-0.4, -0.2) is 142 Å². The largest absolute Gasteiger partial charge is 0.457 e. The van der Waals surface area contributed by atoms with Crippen molar-refractivity contribution < 1.29 is 69.0 Å². The Labute approximate surface area is 372 Å². The van der Waals surface area contributed by atoms with Gasteiger partial charge in [0.15, 0.2) is 12.6 Å². The molecule has 0 spiro atoms. The van der Waals surface area contributed by atoms with Gasteiger partial charge in [-0.25, -0.2) is 0 Å².